The molecule has 4 rings (SSSR count). The molecule has 0 radical (unpaired) electrons. The lowest BCUT2D eigenvalue weighted by Gasteiger charge is -2.31. The van der Waals surface area contributed by atoms with Gasteiger partial charge in [0, 0.05) is 18.8 Å². The van der Waals surface area contributed by atoms with E-state index in [1.54, 1.807) is 43.5 Å². The summed E-state index contributed by atoms with van der Waals surface area (Å²) in [6.07, 6.45) is 2.68. The standard InChI is InChI=1S/C20H22N6O4S/c1-30-18-8-4-16(5-9-18)22-20(27)15-3-2-12-25(13-15)31(28,29)19-10-6-17(7-11-19)26-14-21-23-24-26/h4-11,14-15H,2-3,12-13H2,1H3,(H,22,27)/t15-/m1/s1. The van der Waals surface area contributed by atoms with Crippen LogP contribution < -0.4 is 10.1 Å². The first-order valence-electron chi connectivity index (χ1n) is 9.76. The fourth-order valence-corrected chi connectivity index (χ4v) is 5.02. The van der Waals surface area contributed by atoms with Gasteiger partial charge in [-0.25, -0.2) is 13.1 Å². The van der Waals surface area contributed by atoms with Gasteiger partial charge in [-0.1, -0.05) is 0 Å². The minimum Gasteiger partial charge on any atom is -0.497 e. The summed E-state index contributed by atoms with van der Waals surface area (Å²) in [5.74, 6) is 0.0734. The number of methoxy groups -OCH3 is 1. The highest BCUT2D eigenvalue weighted by atomic mass is 32.2. The zero-order valence-corrected chi connectivity index (χ0v) is 17.7. The fraction of sp³-hybridized carbons (Fsp3) is 0.300. The van der Waals surface area contributed by atoms with Crippen LogP contribution in [0.15, 0.2) is 59.8 Å². The third-order valence-electron chi connectivity index (χ3n) is 5.20. The molecular weight excluding hydrogens is 420 g/mol. The van der Waals surface area contributed by atoms with Crippen LogP contribution in [-0.4, -0.2) is 59.0 Å². The first-order chi connectivity index (χ1) is 15.0. The number of rotatable bonds is 6. The first kappa shape index (κ1) is 20.9. The predicted octanol–water partition coefficient (Wildman–Crippen LogP) is 1.71. The number of carbonyl (C=O) groups is 1. The number of nitrogens with zero attached hydrogens (tertiary/aromatic N) is 5. The van der Waals surface area contributed by atoms with E-state index in [4.69, 9.17) is 4.74 Å². The first-order valence-corrected chi connectivity index (χ1v) is 11.2. The van der Waals surface area contributed by atoms with Gasteiger partial charge in [-0.05, 0) is 71.8 Å². The number of ether oxygens (including phenoxy) is 1. The molecule has 1 fully saturated rings. The Morgan fingerprint density at radius 1 is 1.13 bits per heavy atom. The van der Waals surface area contributed by atoms with E-state index >= 15 is 0 Å². The van der Waals surface area contributed by atoms with Crippen molar-refractivity contribution in [3.63, 3.8) is 0 Å². The lowest BCUT2D eigenvalue weighted by atomic mass is 9.99. The highest BCUT2D eigenvalue weighted by molar-refractivity contribution is 7.89. The number of carbonyl (C=O) groups excluding carboxylic acids is 1. The van der Waals surface area contributed by atoms with Crippen LogP contribution in [0, 0.1) is 5.92 Å². The molecule has 3 aromatic rings. The average Bonchev–Trinajstić information content (AvgIpc) is 3.35. The van der Waals surface area contributed by atoms with Crippen molar-refractivity contribution in [3.05, 3.63) is 54.9 Å². The molecule has 10 nitrogen and oxygen atoms in total. The lowest BCUT2D eigenvalue weighted by Crippen LogP contribution is -2.43. The van der Waals surface area contributed by atoms with Crippen molar-refractivity contribution in [1.82, 2.24) is 24.5 Å². The van der Waals surface area contributed by atoms with Gasteiger partial charge in [0.15, 0.2) is 0 Å². The van der Waals surface area contributed by atoms with Crippen molar-refractivity contribution >= 4 is 21.6 Å². The number of hydrogen-bond acceptors (Lipinski definition) is 7. The maximum atomic E-state index is 13.1. The summed E-state index contributed by atoms with van der Waals surface area (Å²) >= 11 is 0. The van der Waals surface area contributed by atoms with Gasteiger partial charge in [0.2, 0.25) is 15.9 Å². The molecule has 1 atom stereocenters. The number of nitrogens with one attached hydrogen (secondary N) is 1. The van der Waals surface area contributed by atoms with E-state index in [0.29, 0.717) is 36.5 Å². The van der Waals surface area contributed by atoms with Crippen molar-refractivity contribution in [3.8, 4) is 11.4 Å². The van der Waals surface area contributed by atoms with Gasteiger partial charge >= 0.3 is 0 Å². The van der Waals surface area contributed by atoms with Gasteiger partial charge in [-0.15, -0.1) is 5.10 Å². The normalized spacial score (nSPS) is 17.3. The summed E-state index contributed by atoms with van der Waals surface area (Å²) < 4.78 is 34.2. The number of tetrazole rings is 1. The van der Waals surface area contributed by atoms with Crippen LogP contribution >= 0.6 is 0 Å². The molecular formula is C20H22N6O4S. The van der Waals surface area contributed by atoms with Crippen LogP contribution in [0.4, 0.5) is 5.69 Å². The van der Waals surface area contributed by atoms with Crippen molar-refractivity contribution in [2.24, 2.45) is 5.92 Å². The van der Waals surface area contributed by atoms with Gasteiger partial charge in [0.1, 0.15) is 12.1 Å². The van der Waals surface area contributed by atoms with Crippen LogP contribution in [0.2, 0.25) is 0 Å². The molecule has 1 aliphatic rings. The molecule has 11 heteroatoms. The number of anilines is 1. The average molecular weight is 443 g/mol. The second-order valence-electron chi connectivity index (χ2n) is 7.17. The van der Waals surface area contributed by atoms with Crippen LogP contribution in [-0.2, 0) is 14.8 Å². The predicted molar refractivity (Wildman–Crippen MR) is 112 cm³/mol. The Morgan fingerprint density at radius 2 is 1.87 bits per heavy atom. The van der Waals surface area contributed by atoms with Gasteiger partial charge < -0.3 is 10.1 Å². The third-order valence-corrected chi connectivity index (χ3v) is 7.08. The molecule has 2 aromatic carbocycles. The monoisotopic (exact) mass is 442 g/mol. The maximum absolute atomic E-state index is 13.1. The van der Waals surface area contributed by atoms with Gasteiger partial charge in [-0.3, -0.25) is 4.79 Å². The Labute approximate surface area is 179 Å². The SMILES string of the molecule is COc1ccc(NC(=O)[C@@H]2CCCN(S(=O)(=O)c3ccc(-n4cnnn4)cc3)C2)cc1. The fourth-order valence-electron chi connectivity index (χ4n) is 3.49. The quantitative estimate of drug-likeness (QED) is 0.617. The molecule has 0 bridgehead atoms. The van der Waals surface area contributed by atoms with E-state index in [-0.39, 0.29) is 17.3 Å². The highest BCUT2D eigenvalue weighted by Gasteiger charge is 2.33. The van der Waals surface area contributed by atoms with Gasteiger partial charge in [-0.2, -0.15) is 4.31 Å². The minimum atomic E-state index is -3.72. The zero-order chi connectivity index (χ0) is 21.8. The number of benzene rings is 2. The van der Waals surface area contributed by atoms with Crippen LogP contribution in [0.5, 0.6) is 5.75 Å². The maximum Gasteiger partial charge on any atom is 0.243 e. The summed E-state index contributed by atoms with van der Waals surface area (Å²) in [6.45, 7) is 0.516. The van der Waals surface area contributed by atoms with Crippen molar-refractivity contribution in [2.45, 2.75) is 17.7 Å². The van der Waals surface area contributed by atoms with Gasteiger partial charge in [0.05, 0.1) is 23.6 Å². The minimum absolute atomic E-state index is 0.138. The Bertz CT molecular complexity index is 1130. The molecule has 31 heavy (non-hydrogen) atoms. The molecule has 0 spiro atoms. The van der Waals surface area contributed by atoms with Crippen molar-refractivity contribution < 1.29 is 17.9 Å². The van der Waals surface area contributed by atoms with E-state index in [1.165, 1.54) is 27.4 Å². The van der Waals surface area contributed by atoms with E-state index in [2.05, 4.69) is 20.8 Å². The van der Waals surface area contributed by atoms with Crippen LogP contribution in [0.3, 0.4) is 0 Å². The molecule has 1 aliphatic heterocycles. The molecule has 1 N–H and O–H groups in total. The molecule has 0 aliphatic carbocycles. The van der Waals surface area contributed by atoms with E-state index < -0.39 is 15.9 Å². The smallest absolute Gasteiger partial charge is 0.243 e. The summed E-state index contributed by atoms with van der Waals surface area (Å²) in [4.78, 5) is 12.9. The summed E-state index contributed by atoms with van der Waals surface area (Å²) in [5, 5.41) is 13.8. The topological polar surface area (TPSA) is 119 Å². The third kappa shape index (κ3) is 4.57. The largest absolute Gasteiger partial charge is 0.497 e. The summed E-state index contributed by atoms with van der Waals surface area (Å²) in [7, 11) is -2.15. The summed E-state index contributed by atoms with van der Waals surface area (Å²) in [6, 6.07) is 13.3. The van der Waals surface area contributed by atoms with Crippen LogP contribution in [0.25, 0.3) is 5.69 Å². The second kappa shape index (κ2) is 8.82. The van der Waals surface area contributed by atoms with Crippen molar-refractivity contribution in [2.75, 3.05) is 25.5 Å². The molecule has 2 heterocycles. The Kier molecular flexibility index (Phi) is 5.96. The Balaban J connectivity index is 1.44. The van der Waals surface area contributed by atoms with Crippen molar-refractivity contribution in [1.29, 1.82) is 0 Å². The Morgan fingerprint density at radius 3 is 2.52 bits per heavy atom. The Hall–Kier alpha value is -3.31. The molecule has 1 saturated heterocycles. The van der Waals surface area contributed by atoms with E-state index in [1.807, 2.05) is 0 Å². The highest BCUT2D eigenvalue weighted by Crippen LogP contribution is 2.26. The molecule has 1 aromatic heterocycles. The van der Waals surface area contributed by atoms with E-state index in [9.17, 15) is 13.2 Å². The number of sulfonamides is 1. The molecule has 0 saturated carbocycles. The summed E-state index contributed by atoms with van der Waals surface area (Å²) in [5.41, 5.74) is 1.29. The molecule has 1 amide bonds. The van der Waals surface area contributed by atoms with Crippen LogP contribution in [0.1, 0.15) is 12.8 Å². The number of aromatic nitrogens is 4. The number of hydrogen-bond donors (Lipinski definition) is 1. The molecule has 0 unspecified atom stereocenters. The molecule has 162 valence electrons. The van der Waals surface area contributed by atoms with Gasteiger partial charge in [0.25, 0.3) is 0 Å². The zero-order valence-electron chi connectivity index (χ0n) is 16.9. The number of piperidine rings is 1. The number of amides is 1. The lowest BCUT2D eigenvalue weighted by molar-refractivity contribution is -0.120. The van der Waals surface area contributed by atoms with E-state index in [0.717, 1.165) is 0 Å². The second-order valence-corrected chi connectivity index (χ2v) is 9.11.